The minimum absolute atomic E-state index is 0.546. The fourth-order valence-electron chi connectivity index (χ4n) is 3.60. The van der Waals surface area contributed by atoms with Crippen LogP contribution in [0.3, 0.4) is 0 Å². The van der Waals surface area contributed by atoms with Crippen LogP contribution in [0.2, 0.25) is 0 Å². The Bertz CT molecular complexity index is 949. The first-order chi connectivity index (χ1) is 15.1. The lowest BCUT2D eigenvalue weighted by molar-refractivity contribution is 0.712. The van der Waals surface area contributed by atoms with E-state index in [9.17, 15) is 4.39 Å². The van der Waals surface area contributed by atoms with Gasteiger partial charge in [-0.05, 0) is 78.0 Å². The Hall–Kier alpha value is -3.14. The van der Waals surface area contributed by atoms with Gasteiger partial charge in [-0.1, -0.05) is 38.5 Å². The van der Waals surface area contributed by atoms with Crippen LogP contribution >= 0.6 is 0 Å². The van der Waals surface area contributed by atoms with E-state index in [1.54, 1.807) is 19.3 Å². The van der Waals surface area contributed by atoms with Crippen molar-refractivity contribution in [1.82, 2.24) is 10.3 Å². The van der Waals surface area contributed by atoms with Crippen LogP contribution in [-0.2, 0) is 0 Å². The molecule has 31 heavy (non-hydrogen) atoms. The number of halogens is 1. The molecule has 4 heteroatoms. The van der Waals surface area contributed by atoms with Crippen molar-refractivity contribution in [3.8, 4) is 0 Å². The van der Waals surface area contributed by atoms with E-state index in [1.165, 1.54) is 30.1 Å². The highest BCUT2D eigenvalue weighted by molar-refractivity contribution is 5.81. The molecule has 0 bridgehead atoms. The smallest absolute Gasteiger partial charge is 0.0867 e. The van der Waals surface area contributed by atoms with E-state index >= 15 is 0 Å². The molecule has 164 valence electrons. The molecule has 0 saturated heterocycles. The number of nitrogens with zero attached hydrogens (tertiary/aromatic N) is 1. The monoisotopic (exact) mass is 419 g/mol. The number of H-pyrrole nitrogens is 1. The molecule has 0 saturated carbocycles. The van der Waals surface area contributed by atoms with Gasteiger partial charge in [0.1, 0.15) is 0 Å². The van der Waals surface area contributed by atoms with Crippen LogP contribution in [0.15, 0.2) is 88.8 Å². The third-order valence-corrected chi connectivity index (χ3v) is 5.16. The molecule has 2 rings (SSSR count). The van der Waals surface area contributed by atoms with Crippen molar-refractivity contribution < 1.29 is 4.39 Å². The molecule has 1 aliphatic rings. The number of nitrogens with one attached hydrogen (secondary N) is 2. The van der Waals surface area contributed by atoms with E-state index in [2.05, 4.69) is 34.9 Å². The maximum Gasteiger partial charge on any atom is 0.0867 e. The summed E-state index contributed by atoms with van der Waals surface area (Å²) in [6.07, 6.45) is 24.8. The highest BCUT2D eigenvalue weighted by Crippen LogP contribution is 2.38. The lowest BCUT2D eigenvalue weighted by Crippen LogP contribution is -2.11. The Morgan fingerprint density at radius 2 is 2.06 bits per heavy atom. The molecule has 0 aliphatic heterocycles. The lowest BCUT2D eigenvalue weighted by atomic mass is 9.99. The maximum absolute atomic E-state index is 12.5. The molecule has 3 nitrogen and oxygen atoms in total. The predicted molar refractivity (Wildman–Crippen MR) is 133 cm³/mol. The Balaban J connectivity index is 2.34. The van der Waals surface area contributed by atoms with Crippen molar-refractivity contribution in [3.05, 3.63) is 94.9 Å². The molecule has 1 aromatic rings. The number of aliphatic imine (C=N–C) groups is 1. The lowest BCUT2D eigenvalue weighted by Gasteiger charge is -2.11. The molecule has 0 amide bonds. The molecule has 1 aromatic heterocycles. The average molecular weight is 420 g/mol. The van der Waals surface area contributed by atoms with Crippen LogP contribution < -0.4 is 5.32 Å². The molecule has 1 aliphatic carbocycles. The van der Waals surface area contributed by atoms with E-state index in [4.69, 9.17) is 0 Å². The van der Waals surface area contributed by atoms with Gasteiger partial charge in [0.25, 0.3) is 0 Å². The minimum atomic E-state index is 0.546. The van der Waals surface area contributed by atoms with Gasteiger partial charge in [0.2, 0.25) is 0 Å². The summed E-state index contributed by atoms with van der Waals surface area (Å²) in [7, 11) is 1.76. The molecule has 0 unspecified atom stereocenters. The summed E-state index contributed by atoms with van der Waals surface area (Å²) in [6.45, 7) is 8.58. The van der Waals surface area contributed by atoms with Gasteiger partial charge in [-0.15, -0.1) is 0 Å². The van der Waals surface area contributed by atoms with E-state index in [0.29, 0.717) is 6.33 Å². The Kier molecular flexibility index (Phi) is 10.3. The summed E-state index contributed by atoms with van der Waals surface area (Å²) >= 11 is 0. The Morgan fingerprint density at radius 3 is 2.77 bits per heavy atom. The number of aromatic amines is 1. The van der Waals surface area contributed by atoms with Crippen molar-refractivity contribution in [2.24, 2.45) is 4.99 Å². The summed E-state index contributed by atoms with van der Waals surface area (Å²) in [6, 6.07) is 0. The summed E-state index contributed by atoms with van der Waals surface area (Å²) in [4.78, 5) is 7.18. The van der Waals surface area contributed by atoms with Gasteiger partial charge in [-0.25, -0.2) is 4.39 Å². The van der Waals surface area contributed by atoms with Crippen LogP contribution in [0.4, 0.5) is 4.39 Å². The van der Waals surface area contributed by atoms with Crippen LogP contribution in [0.1, 0.15) is 57.1 Å². The third-order valence-electron chi connectivity index (χ3n) is 5.16. The first-order valence-electron chi connectivity index (χ1n) is 10.9. The zero-order valence-corrected chi connectivity index (χ0v) is 18.9. The number of allylic oxidation sites excluding steroid dienone is 8. The van der Waals surface area contributed by atoms with Crippen molar-refractivity contribution >= 4 is 18.4 Å². The summed E-state index contributed by atoms with van der Waals surface area (Å²) in [5, 5.41) is 3.52. The number of aromatic nitrogens is 1. The zero-order valence-electron chi connectivity index (χ0n) is 18.9. The topological polar surface area (TPSA) is 40.2 Å². The first kappa shape index (κ1) is 24.1. The first-order valence-corrected chi connectivity index (χ1v) is 10.9. The van der Waals surface area contributed by atoms with E-state index in [-0.39, 0.29) is 0 Å². The van der Waals surface area contributed by atoms with Gasteiger partial charge >= 0.3 is 0 Å². The summed E-state index contributed by atoms with van der Waals surface area (Å²) in [5.74, 6) is 0. The third kappa shape index (κ3) is 7.25. The highest BCUT2D eigenvalue weighted by atomic mass is 19.1. The van der Waals surface area contributed by atoms with E-state index < -0.39 is 0 Å². The number of hydrogen-bond acceptors (Lipinski definition) is 2. The molecule has 0 aromatic carbocycles. The molecule has 0 atom stereocenters. The molecule has 2 N–H and O–H groups in total. The van der Waals surface area contributed by atoms with Crippen LogP contribution in [0.5, 0.6) is 0 Å². The molecular formula is C27H34FN3. The number of rotatable bonds is 11. The number of hydrogen-bond donors (Lipinski definition) is 2. The largest absolute Gasteiger partial charge is 0.366 e. The fraction of sp³-hybridized carbons (Fsp3) is 0.296. The normalized spacial score (nSPS) is 17.1. The maximum atomic E-state index is 12.5. The number of unbranched alkanes of at least 4 members (excludes halogenated alkanes) is 2. The van der Waals surface area contributed by atoms with Gasteiger partial charge in [0, 0.05) is 43.5 Å². The standard InChI is InChI=1S/C27H34FN3/c1-5-7-8-14-26-21(3)23(17-24-20-30-19-22(24)12-10-16-29-4)18-27(26)31-25(11-6-2)13-9-15-28/h6,9-13,15-17,19-20,30-31H,3,5,7-8,14,18H2,1-2,4H3/b11-6-,12-10-,15-9+,23-17+,25-13+,29-16-. The van der Waals surface area contributed by atoms with Crippen molar-refractivity contribution in [2.75, 3.05) is 7.05 Å². The Labute approximate surface area is 186 Å². The molecule has 0 radical (unpaired) electrons. The van der Waals surface area contributed by atoms with Gasteiger partial charge in [-0.3, -0.25) is 4.99 Å². The predicted octanol–water partition coefficient (Wildman–Crippen LogP) is 7.44. The molecule has 0 fully saturated rings. The second-order valence-electron chi connectivity index (χ2n) is 7.44. The summed E-state index contributed by atoms with van der Waals surface area (Å²) in [5.41, 5.74) is 7.80. The van der Waals surface area contributed by atoms with E-state index in [1.807, 2.05) is 43.6 Å². The molecule has 1 heterocycles. The Morgan fingerprint density at radius 1 is 1.26 bits per heavy atom. The second-order valence-corrected chi connectivity index (χ2v) is 7.44. The molecule has 0 spiro atoms. The van der Waals surface area contributed by atoms with Gasteiger partial charge < -0.3 is 10.3 Å². The van der Waals surface area contributed by atoms with Crippen LogP contribution in [0.25, 0.3) is 12.2 Å². The van der Waals surface area contributed by atoms with Crippen molar-refractivity contribution in [2.45, 2.75) is 46.0 Å². The van der Waals surface area contributed by atoms with Gasteiger partial charge in [-0.2, -0.15) is 0 Å². The van der Waals surface area contributed by atoms with Crippen molar-refractivity contribution in [3.63, 3.8) is 0 Å². The van der Waals surface area contributed by atoms with Gasteiger partial charge in [0.05, 0.1) is 6.33 Å². The van der Waals surface area contributed by atoms with Crippen LogP contribution in [0, 0.1) is 0 Å². The zero-order chi connectivity index (χ0) is 22.5. The van der Waals surface area contributed by atoms with E-state index in [0.717, 1.165) is 47.4 Å². The fourth-order valence-corrected chi connectivity index (χ4v) is 3.60. The second kappa shape index (κ2) is 13.2. The minimum Gasteiger partial charge on any atom is -0.366 e. The van der Waals surface area contributed by atoms with Crippen molar-refractivity contribution in [1.29, 1.82) is 0 Å². The average Bonchev–Trinajstić information content (AvgIpc) is 3.32. The molecular weight excluding hydrogens is 385 g/mol. The quantitative estimate of drug-likeness (QED) is 0.218. The van der Waals surface area contributed by atoms with Crippen LogP contribution in [-0.4, -0.2) is 18.2 Å². The van der Waals surface area contributed by atoms with Gasteiger partial charge in [0.15, 0.2) is 0 Å². The highest BCUT2D eigenvalue weighted by Gasteiger charge is 2.23. The SMILES string of the molecule is C=C1C(CCCCC)=C(NC(/C=C\C)=C/C=C/F)C/C1=C\c1c[nH]cc1/C=C\C=N/C. The summed E-state index contributed by atoms with van der Waals surface area (Å²) < 4.78 is 12.5.